The van der Waals surface area contributed by atoms with Gasteiger partial charge in [0, 0.05) is 19.4 Å². The third-order valence-electron chi connectivity index (χ3n) is 3.96. The van der Waals surface area contributed by atoms with E-state index in [-0.39, 0.29) is 24.9 Å². The van der Waals surface area contributed by atoms with Gasteiger partial charge in [-0.05, 0) is 35.4 Å². The third kappa shape index (κ3) is 3.87. The summed E-state index contributed by atoms with van der Waals surface area (Å²) in [5, 5.41) is 13.3. The molecule has 0 saturated heterocycles. The highest BCUT2D eigenvalue weighted by molar-refractivity contribution is 5.77. The maximum Gasteiger partial charge on any atom is 0.258 e. The van der Waals surface area contributed by atoms with Gasteiger partial charge in [-0.15, -0.1) is 0 Å². The van der Waals surface area contributed by atoms with Crippen molar-refractivity contribution in [3.05, 3.63) is 65.5 Å². The van der Waals surface area contributed by atoms with Crippen molar-refractivity contribution in [1.82, 2.24) is 5.32 Å². The number of benzene rings is 2. The predicted molar refractivity (Wildman–Crippen MR) is 83.7 cm³/mol. The van der Waals surface area contributed by atoms with Gasteiger partial charge in [-0.3, -0.25) is 4.79 Å². The van der Waals surface area contributed by atoms with Crippen molar-refractivity contribution >= 4 is 5.91 Å². The van der Waals surface area contributed by atoms with Crippen molar-refractivity contribution in [3.63, 3.8) is 0 Å². The summed E-state index contributed by atoms with van der Waals surface area (Å²) in [7, 11) is 0. The zero-order valence-electron chi connectivity index (χ0n) is 12.6. The first-order valence-electron chi connectivity index (χ1n) is 7.48. The molecule has 0 aliphatic heterocycles. The van der Waals surface area contributed by atoms with Gasteiger partial charge in [-0.1, -0.05) is 24.3 Å². The Bertz CT molecular complexity index is 675. The molecule has 2 aromatic carbocycles. The minimum absolute atomic E-state index is 0.172. The van der Waals surface area contributed by atoms with Gasteiger partial charge >= 0.3 is 0 Å². The van der Waals surface area contributed by atoms with Gasteiger partial charge in [0.25, 0.3) is 5.91 Å². The molecule has 0 aromatic heterocycles. The van der Waals surface area contributed by atoms with Gasteiger partial charge in [-0.2, -0.15) is 0 Å². The van der Waals surface area contributed by atoms with Crippen LogP contribution >= 0.6 is 0 Å². The van der Waals surface area contributed by atoms with Crippen molar-refractivity contribution < 1.29 is 19.0 Å². The van der Waals surface area contributed by atoms with Crippen LogP contribution in [0.3, 0.4) is 0 Å². The van der Waals surface area contributed by atoms with Crippen molar-refractivity contribution in [2.75, 3.05) is 13.2 Å². The average molecular weight is 315 g/mol. The van der Waals surface area contributed by atoms with Crippen LogP contribution < -0.4 is 10.1 Å². The van der Waals surface area contributed by atoms with Gasteiger partial charge in [0.2, 0.25) is 0 Å². The van der Waals surface area contributed by atoms with Crippen molar-refractivity contribution in [2.24, 2.45) is 0 Å². The smallest absolute Gasteiger partial charge is 0.258 e. The summed E-state index contributed by atoms with van der Waals surface area (Å²) in [5.74, 6) is -0.253. The summed E-state index contributed by atoms with van der Waals surface area (Å²) in [6.07, 6.45) is 1.06. The summed E-state index contributed by atoms with van der Waals surface area (Å²) in [4.78, 5) is 11.8. The molecule has 0 radical (unpaired) electrons. The van der Waals surface area contributed by atoms with Crippen LogP contribution in [-0.4, -0.2) is 29.8 Å². The molecule has 0 fully saturated rings. The highest BCUT2D eigenvalue weighted by atomic mass is 19.1. The van der Waals surface area contributed by atoms with Crippen LogP contribution in [0.1, 0.15) is 11.1 Å². The first kappa shape index (κ1) is 15.5. The normalized spacial score (nSPS) is 15.0. The molecule has 0 heterocycles. The van der Waals surface area contributed by atoms with Gasteiger partial charge in [0.05, 0.1) is 5.60 Å². The second-order valence-corrected chi connectivity index (χ2v) is 5.87. The van der Waals surface area contributed by atoms with E-state index in [1.54, 1.807) is 0 Å². The summed E-state index contributed by atoms with van der Waals surface area (Å²) in [6, 6.07) is 13.3. The minimum Gasteiger partial charge on any atom is -0.484 e. The van der Waals surface area contributed by atoms with Crippen LogP contribution in [0.4, 0.5) is 4.39 Å². The molecule has 0 saturated carbocycles. The van der Waals surface area contributed by atoms with E-state index >= 15 is 0 Å². The van der Waals surface area contributed by atoms with E-state index in [1.165, 1.54) is 24.3 Å². The van der Waals surface area contributed by atoms with E-state index in [0.717, 1.165) is 11.1 Å². The molecule has 0 atom stereocenters. The largest absolute Gasteiger partial charge is 0.484 e. The Kier molecular flexibility index (Phi) is 4.30. The Morgan fingerprint density at radius 3 is 2.35 bits per heavy atom. The molecule has 2 N–H and O–H groups in total. The first-order valence-corrected chi connectivity index (χ1v) is 7.48. The van der Waals surface area contributed by atoms with Crippen LogP contribution in [0.25, 0.3) is 0 Å². The Hall–Kier alpha value is -2.40. The fourth-order valence-corrected chi connectivity index (χ4v) is 2.79. The number of amides is 1. The van der Waals surface area contributed by atoms with Crippen LogP contribution in [0.2, 0.25) is 0 Å². The second kappa shape index (κ2) is 6.38. The van der Waals surface area contributed by atoms with E-state index in [1.807, 2.05) is 24.3 Å². The molecular formula is C18H18FNO3. The Labute approximate surface area is 133 Å². The molecule has 0 unspecified atom stereocenters. The summed E-state index contributed by atoms with van der Waals surface area (Å²) in [6.45, 7) is 0.00194. The maximum atomic E-state index is 12.8. The summed E-state index contributed by atoms with van der Waals surface area (Å²) >= 11 is 0. The number of hydrogen-bond acceptors (Lipinski definition) is 3. The highest BCUT2D eigenvalue weighted by Crippen LogP contribution is 2.29. The maximum absolute atomic E-state index is 12.8. The van der Waals surface area contributed by atoms with E-state index in [0.29, 0.717) is 18.6 Å². The molecule has 1 aliphatic carbocycles. The van der Waals surface area contributed by atoms with E-state index in [9.17, 15) is 14.3 Å². The third-order valence-corrected chi connectivity index (χ3v) is 3.96. The lowest BCUT2D eigenvalue weighted by molar-refractivity contribution is -0.124. The Morgan fingerprint density at radius 1 is 1.13 bits per heavy atom. The predicted octanol–water partition coefficient (Wildman–Crippen LogP) is 1.85. The van der Waals surface area contributed by atoms with Crippen molar-refractivity contribution in [1.29, 1.82) is 0 Å². The lowest BCUT2D eigenvalue weighted by atomic mass is 10.0. The van der Waals surface area contributed by atoms with E-state index in [2.05, 4.69) is 5.32 Å². The molecule has 1 aliphatic rings. The van der Waals surface area contributed by atoms with E-state index in [4.69, 9.17) is 4.74 Å². The second-order valence-electron chi connectivity index (χ2n) is 5.87. The van der Waals surface area contributed by atoms with Gasteiger partial charge in [0.15, 0.2) is 6.61 Å². The zero-order chi connectivity index (χ0) is 16.3. The highest BCUT2D eigenvalue weighted by Gasteiger charge is 2.35. The average Bonchev–Trinajstić information content (AvgIpc) is 2.89. The number of carbonyl (C=O) groups is 1. The number of nitrogens with one attached hydrogen (secondary N) is 1. The summed E-state index contributed by atoms with van der Waals surface area (Å²) < 4.78 is 18.0. The molecule has 23 heavy (non-hydrogen) atoms. The van der Waals surface area contributed by atoms with Gasteiger partial charge in [-0.25, -0.2) is 4.39 Å². The fourth-order valence-electron chi connectivity index (χ4n) is 2.79. The number of rotatable bonds is 5. The molecule has 4 nitrogen and oxygen atoms in total. The standard InChI is InChI=1S/C18H18FNO3/c19-15-5-7-16(8-6-15)23-11-17(21)20-12-18(22)9-13-3-1-2-4-14(13)10-18/h1-8,22H,9-12H2,(H,20,21). The van der Waals surface area contributed by atoms with E-state index < -0.39 is 5.60 Å². The van der Waals surface area contributed by atoms with Crippen molar-refractivity contribution in [2.45, 2.75) is 18.4 Å². The number of hydrogen-bond donors (Lipinski definition) is 2. The Balaban J connectivity index is 1.47. The van der Waals surface area contributed by atoms with Crippen LogP contribution in [-0.2, 0) is 17.6 Å². The minimum atomic E-state index is -0.949. The molecule has 120 valence electrons. The molecule has 0 spiro atoms. The number of fused-ring (bicyclic) bond motifs is 1. The Morgan fingerprint density at radius 2 is 1.74 bits per heavy atom. The summed E-state index contributed by atoms with van der Waals surface area (Å²) in [5.41, 5.74) is 1.29. The quantitative estimate of drug-likeness (QED) is 0.885. The number of ether oxygens (including phenoxy) is 1. The van der Waals surface area contributed by atoms with Crippen molar-refractivity contribution in [3.8, 4) is 5.75 Å². The number of carbonyl (C=O) groups excluding carboxylic acids is 1. The fraction of sp³-hybridized carbons (Fsp3) is 0.278. The molecule has 5 heteroatoms. The topological polar surface area (TPSA) is 58.6 Å². The lowest BCUT2D eigenvalue weighted by Gasteiger charge is -2.22. The van der Waals surface area contributed by atoms with Gasteiger partial charge < -0.3 is 15.2 Å². The van der Waals surface area contributed by atoms with Crippen LogP contribution in [0, 0.1) is 5.82 Å². The number of aliphatic hydroxyl groups is 1. The van der Waals surface area contributed by atoms with Crippen LogP contribution in [0.15, 0.2) is 48.5 Å². The lowest BCUT2D eigenvalue weighted by Crippen LogP contribution is -2.45. The monoisotopic (exact) mass is 315 g/mol. The molecule has 1 amide bonds. The SMILES string of the molecule is O=C(COc1ccc(F)cc1)NCC1(O)Cc2ccccc2C1. The van der Waals surface area contributed by atoms with Gasteiger partial charge in [0.1, 0.15) is 11.6 Å². The zero-order valence-corrected chi connectivity index (χ0v) is 12.6. The molecule has 0 bridgehead atoms. The molecule has 3 rings (SSSR count). The molecular weight excluding hydrogens is 297 g/mol. The van der Waals surface area contributed by atoms with Crippen LogP contribution in [0.5, 0.6) is 5.75 Å². The number of halogens is 1. The molecule has 2 aromatic rings. The first-order chi connectivity index (χ1) is 11.0.